The summed E-state index contributed by atoms with van der Waals surface area (Å²) in [7, 11) is 0. The number of hydrogen-bond acceptors (Lipinski definition) is 5. The molecule has 3 rings (SSSR count). The van der Waals surface area contributed by atoms with Crippen LogP contribution in [0.1, 0.15) is 25.8 Å². The number of ether oxygens (including phenoxy) is 2. The molecule has 1 saturated carbocycles. The SMILES string of the molecule is CC1CNCC(COc2nccn(C3CC3)c2=O)O1. The molecule has 2 aliphatic rings. The van der Waals surface area contributed by atoms with E-state index in [1.165, 1.54) is 0 Å². The summed E-state index contributed by atoms with van der Waals surface area (Å²) >= 11 is 0. The third-order valence-electron chi connectivity index (χ3n) is 3.41. The minimum Gasteiger partial charge on any atom is -0.471 e. The van der Waals surface area contributed by atoms with Gasteiger partial charge in [-0.2, -0.15) is 0 Å². The highest BCUT2D eigenvalue weighted by molar-refractivity contribution is 5.07. The predicted octanol–water partition coefficient (Wildman–Crippen LogP) is 0.334. The average molecular weight is 265 g/mol. The maximum Gasteiger partial charge on any atom is 0.313 e. The molecular formula is C13H19N3O3. The highest BCUT2D eigenvalue weighted by atomic mass is 16.5. The maximum absolute atomic E-state index is 12.1. The van der Waals surface area contributed by atoms with Gasteiger partial charge in [0.2, 0.25) is 0 Å². The van der Waals surface area contributed by atoms with Gasteiger partial charge in [-0.3, -0.25) is 4.79 Å². The van der Waals surface area contributed by atoms with E-state index in [1.807, 2.05) is 6.92 Å². The number of nitrogens with zero attached hydrogens (tertiary/aromatic N) is 2. The van der Waals surface area contributed by atoms with Gasteiger partial charge in [-0.05, 0) is 19.8 Å². The molecule has 1 aromatic rings. The van der Waals surface area contributed by atoms with Gasteiger partial charge in [0.1, 0.15) is 12.7 Å². The number of aromatic nitrogens is 2. The number of nitrogens with one attached hydrogen (secondary N) is 1. The van der Waals surface area contributed by atoms with Crippen LogP contribution in [-0.2, 0) is 4.74 Å². The van der Waals surface area contributed by atoms with E-state index in [2.05, 4.69) is 10.3 Å². The normalized spacial score (nSPS) is 27.2. The quantitative estimate of drug-likeness (QED) is 0.850. The van der Waals surface area contributed by atoms with Crippen molar-refractivity contribution in [1.29, 1.82) is 0 Å². The lowest BCUT2D eigenvalue weighted by atomic mass is 10.2. The van der Waals surface area contributed by atoms with Crippen LogP contribution in [0.15, 0.2) is 17.2 Å². The molecule has 2 heterocycles. The van der Waals surface area contributed by atoms with Crippen molar-refractivity contribution in [3.63, 3.8) is 0 Å². The van der Waals surface area contributed by atoms with Gasteiger partial charge in [0, 0.05) is 31.5 Å². The fraction of sp³-hybridized carbons (Fsp3) is 0.692. The Labute approximate surface area is 111 Å². The molecule has 104 valence electrons. The van der Waals surface area contributed by atoms with Crippen LogP contribution >= 0.6 is 0 Å². The maximum atomic E-state index is 12.1. The molecule has 0 aromatic carbocycles. The van der Waals surface area contributed by atoms with Gasteiger partial charge >= 0.3 is 5.56 Å². The van der Waals surface area contributed by atoms with Crippen LogP contribution in [-0.4, -0.2) is 41.5 Å². The Morgan fingerprint density at radius 3 is 3.11 bits per heavy atom. The molecule has 1 N–H and O–H groups in total. The monoisotopic (exact) mass is 265 g/mol. The second-order valence-electron chi connectivity index (χ2n) is 5.21. The lowest BCUT2D eigenvalue weighted by molar-refractivity contribution is -0.0479. The number of morpholine rings is 1. The van der Waals surface area contributed by atoms with Crippen molar-refractivity contribution in [2.45, 2.75) is 38.0 Å². The molecule has 0 spiro atoms. The first-order chi connectivity index (χ1) is 9.24. The Hall–Kier alpha value is -1.40. The molecule has 1 aliphatic heterocycles. The van der Waals surface area contributed by atoms with E-state index in [0.717, 1.165) is 25.9 Å². The fourth-order valence-electron chi connectivity index (χ4n) is 2.29. The minimum absolute atomic E-state index is 0.0282. The first kappa shape index (κ1) is 12.6. The van der Waals surface area contributed by atoms with Crippen LogP contribution in [0.2, 0.25) is 0 Å². The standard InChI is InChI=1S/C13H19N3O3/c1-9-6-14-7-11(19-9)8-18-12-13(17)16(5-4-15-12)10-2-3-10/h4-5,9-11,14H,2-3,6-8H2,1H3. The molecule has 6 heteroatoms. The summed E-state index contributed by atoms with van der Waals surface area (Å²) in [5, 5.41) is 3.27. The van der Waals surface area contributed by atoms with Crippen molar-refractivity contribution in [1.82, 2.24) is 14.9 Å². The first-order valence-corrected chi connectivity index (χ1v) is 6.80. The van der Waals surface area contributed by atoms with E-state index in [9.17, 15) is 4.79 Å². The zero-order valence-corrected chi connectivity index (χ0v) is 11.0. The second kappa shape index (κ2) is 5.30. The average Bonchev–Trinajstić information content (AvgIpc) is 3.22. The van der Waals surface area contributed by atoms with Crippen LogP contribution in [0.3, 0.4) is 0 Å². The molecule has 0 amide bonds. The molecule has 0 bridgehead atoms. The Balaban J connectivity index is 1.63. The van der Waals surface area contributed by atoms with Crippen molar-refractivity contribution < 1.29 is 9.47 Å². The number of rotatable bonds is 4. The highest BCUT2D eigenvalue weighted by Crippen LogP contribution is 2.33. The summed E-state index contributed by atoms with van der Waals surface area (Å²) < 4.78 is 13.0. The van der Waals surface area contributed by atoms with Crippen LogP contribution in [0.25, 0.3) is 0 Å². The minimum atomic E-state index is -0.137. The van der Waals surface area contributed by atoms with E-state index in [-0.39, 0.29) is 23.6 Å². The number of hydrogen-bond donors (Lipinski definition) is 1. The molecular weight excluding hydrogens is 246 g/mol. The zero-order chi connectivity index (χ0) is 13.2. The summed E-state index contributed by atoms with van der Waals surface area (Å²) in [4.78, 5) is 16.1. The lowest BCUT2D eigenvalue weighted by Gasteiger charge is -2.28. The molecule has 0 radical (unpaired) electrons. The Bertz CT molecular complexity index is 498. The van der Waals surface area contributed by atoms with Crippen molar-refractivity contribution in [3.8, 4) is 5.88 Å². The zero-order valence-electron chi connectivity index (χ0n) is 11.0. The van der Waals surface area contributed by atoms with Crippen LogP contribution < -0.4 is 15.6 Å². The Morgan fingerprint density at radius 2 is 2.37 bits per heavy atom. The molecule has 2 atom stereocenters. The van der Waals surface area contributed by atoms with Crippen LogP contribution in [0, 0.1) is 0 Å². The molecule has 1 saturated heterocycles. The largest absolute Gasteiger partial charge is 0.471 e. The van der Waals surface area contributed by atoms with Crippen molar-refractivity contribution in [3.05, 3.63) is 22.7 Å². The van der Waals surface area contributed by atoms with E-state index in [0.29, 0.717) is 12.6 Å². The molecule has 6 nitrogen and oxygen atoms in total. The van der Waals surface area contributed by atoms with E-state index >= 15 is 0 Å². The predicted molar refractivity (Wildman–Crippen MR) is 69.5 cm³/mol. The topological polar surface area (TPSA) is 65.4 Å². The molecule has 1 aliphatic carbocycles. The second-order valence-corrected chi connectivity index (χ2v) is 5.21. The summed E-state index contributed by atoms with van der Waals surface area (Å²) in [5.74, 6) is 0.177. The smallest absolute Gasteiger partial charge is 0.313 e. The summed E-state index contributed by atoms with van der Waals surface area (Å²) in [6.45, 7) is 3.97. The third-order valence-corrected chi connectivity index (χ3v) is 3.41. The first-order valence-electron chi connectivity index (χ1n) is 6.80. The van der Waals surface area contributed by atoms with Gasteiger partial charge in [0.05, 0.1) is 6.10 Å². The van der Waals surface area contributed by atoms with Gasteiger partial charge in [0.15, 0.2) is 0 Å². The van der Waals surface area contributed by atoms with E-state index in [4.69, 9.17) is 9.47 Å². The van der Waals surface area contributed by atoms with Gasteiger partial charge in [0.25, 0.3) is 5.88 Å². The fourth-order valence-corrected chi connectivity index (χ4v) is 2.29. The summed E-state index contributed by atoms with van der Waals surface area (Å²) in [6.07, 6.45) is 5.63. The third kappa shape index (κ3) is 2.96. The Kier molecular flexibility index (Phi) is 3.52. The molecule has 2 unspecified atom stereocenters. The van der Waals surface area contributed by atoms with Crippen LogP contribution in [0.5, 0.6) is 5.88 Å². The molecule has 19 heavy (non-hydrogen) atoms. The summed E-state index contributed by atoms with van der Waals surface area (Å²) in [6, 6.07) is 0.338. The van der Waals surface area contributed by atoms with E-state index in [1.54, 1.807) is 17.0 Å². The Morgan fingerprint density at radius 1 is 1.53 bits per heavy atom. The van der Waals surface area contributed by atoms with Crippen molar-refractivity contribution in [2.75, 3.05) is 19.7 Å². The summed E-state index contributed by atoms with van der Waals surface area (Å²) in [5.41, 5.74) is -0.137. The van der Waals surface area contributed by atoms with Gasteiger partial charge < -0.3 is 19.4 Å². The highest BCUT2D eigenvalue weighted by Gasteiger charge is 2.26. The van der Waals surface area contributed by atoms with Crippen LogP contribution in [0.4, 0.5) is 0 Å². The molecule has 1 aromatic heterocycles. The van der Waals surface area contributed by atoms with Gasteiger partial charge in [-0.25, -0.2) is 4.98 Å². The van der Waals surface area contributed by atoms with Crippen molar-refractivity contribution in [2.24, 2.45) is 0 Å². The molecule has 2 fully saturated rings. The van der Waals surface area contributed by atoms with Crippen molar-refractivity contribution >= 4 is 0 Å². The lowest BCUT2D eigenvalue weighted by Crippen LogP contribution is -2.46. The van der Waals surface area contributed by atoms with Gasteiger partial charge in [-0.1, -0.05) is 0 Å². The van der Waals surface area contributed by atoms with Gasteiger partial charge in [-0.15, -0.1) is 0 Å². The van der Waals surface area contributed by atoms with E-state index < -0.39 is 0 Å².